The molecular weight excluding hydrogens is 338 g/mol. The Balaban J connectivity index is 1.55. The third-order valence-corrected chi connectivity index (χ3v) is 5.69. The van der Waals surface area contributed by atoms with Crippen LogP contribution >= 0.6 is 11.6 Å². The monoisotopic (exact) mass is 363 g/mol. The minimum Gasteiger partial charge on any atom is -0.469 e. The van der Waals surface area contributed by atoms with E-state index in [1.165, 1.54) is 25.5 Å². The van der Waals surface area contributed by atoms with E-state index in [9.17, 15) is 4.79 Å². The molecule has 1 N–H and O–H groups in total. The topological polar surface area (TPSA) is 53.9 Å². The zero-order chi connectivity index (χ0) is 17.9. The second kappa shape index (κ2) is 7.65. The number of esters is 1. The number of aliphatic imine (C=N–C) groups is 1. The number of guanidine groups is 1. The Hall–Kier alpha value is -1.75. The summed E-state index contributed by atoms with van der Waals surface area (Å²) in [6.07, 6.45) is 4.00. The summed E-state index contributed by atoms with van der Waals surface area (Å²) < 4.78 is 4.86. The lowest BCUT2D eigenvalue weighted by Crippen LogP contribution is -2.48. The van der Waals surface area contributed by atoms with E-state index in [1.807, 2.05) is 19.2 Å². The van der Waals surface area contributed by atoms with Gasteiger partial charge in [0, 0.05) is 37.1 Å². The number of methoxy groups -OCH3 is 1. The van der Waals surface area contributed by atoms with Gasteiger partial charge in [-0.2, -0.15) is 0 Å². The highest BCUT2D eigenvalue weighted by Crippen LogP contribution is 2.47. The Bertz CT molecular complexity index is 633. The first-order valence-corrected chi connectivity index (χ1v) is 9.25. The van der Waals surface area contributed by atoms with Crippen molar-refractivity contribution in [3.05, 3.63) is 34.9 Å². The van der Waals surface area contributed by atoms with Crippen molar-refractivity contribution in [2.75, 3.05) is 33.8 Å². The van der Waals surface area contributed by atoms with Gasteiger partial charge in [0.15, 0.2) is 5.96 Å². The predicted octanol–water partition coefficient (Wildman–Crippen LogP) is 2.83. The minimum absolute atomic E-state index is 0.0168. The number of ether oxygens (including phenoxy) is 1. The number of hydrogen-bond donors (Lipinski definition) is 1. The van der Waals surface area contributed by atoms with Gasteiger partial charge in [0.1, 0.15) is 0 Å². The highest BCUT2D eigenvalue weighted by atomic mass is 35.5. The van der Waals surface area contributed by atoms with Gasteiger partial charge in [-0.1, -0.05) is 23.7 Å². The van der Waals surface area contributed by atoms with Crippen LogP contribution in [0.25, 0.3) is 0 Å². The lowest BCUT2D eigenvalue weighted by molar-refractivity contribution is -0.146. The van der Waals surface area contributed by atoms with Crippen LogP contribution in [0.1, 0.15) is 31.2 Å². The highest BCUT2D eigenvalue weighted by molar-refractivity contribution is 6.30. The van der Waals surface area contributed by atoms with Gasteiger partial charge >= 0.3 is 5.97 Å². The molecule has 0 radical (unpaired) electrons. The van der Waals surface area contributed by atoms with Crippen molar-refractivity contribution in [3.8, 4) is 0 Å². The van der Waals surface area contributed by atoms with Gasteiger partial charge in [-0.3, -0.25) is 9.79 Å². The van der Waals surface area contributed by atoms with Crippen LogP contribution < -0.4 is 5.32 Å². The molecule has 1 saturated carbocycles. The first-order chi connectivity index (χ1) is 12.1. The van der Waals surface area contributed by atoms with E-state index in [2.05, 4.69) is 27.3 Å². The normalized spacial score (nSPS) is 20.3. The summed E-state index contributed by atoms with van der Waals surface area (Å²) in [7, 11) is 3.28. The number of piperidine rings is 1. The average molecular weight is 364 g/mol. The second-order valence-corrected chi connectivity index (χ2v) is 7.41. The van der Waals surface area contributed by atoms with E-state index in [1.54, 1.807) is 0 Å². The maximum Gasteiger partial charge on any atom is 0.308 e. The first kappa shape index (κ1) is 18.1. The van der Waals surface area contributed by atoms with E-state index >= 15 is 0 Å². The maximum atomic E-state index is 11.7. The van der Waals surface area contributed by atoms with Crippen LogP contribution in [0.5, 0.6) is 0 Å². The molecule has 0 aromatic heterocycles. The van der Waals surface area contributed by atoms with Gasteiger partial charge in [-0.15, -0.1) is 0 Å². The third kappa shape index (κ3) is 4.09. The summed E-state index contributed by atoms with van der Waals surface area (Å²) in [6, 6.07) is 8.18. The summed E-state index contributed by atoms with van der Waals surface area (Å²) in [4.78, 5) is 18.3. The SMILES string of the molecule is CN=C(NCC1(c2ccc(Cl)cc2)CC1)N1CCC(C(=O)OC)CC1. The molecule has 25 heavy (non-hydrogen) atoms. The van der Waals surface area contributed by atoms with Gasteiger partial charge in [-0.05, 0) is 43.4 Å². The highest BCUT2D eigenvalue weighted by Gasteiger charge is 2.44. The molecule has 1 heterocycles. The number of nitrogens with zero attached hydrogens (tertiary/aromatic N) is 2. The summed E-state index contributed by atoms with van der Waals surface area (Å²) in [6.45, 7) is 2.53. The Labute approximate surface area is 154 Å². The molecule has 1 aliphatic carbocycles. The smallest absolute Gasteiger partial charge is 0.308 e. The maximum absolute atomic E-state index is 11.7. The summed E-state index contributed by atoms with van der Waals surface area (Å²) >= 11 is 6.00. The van der Waals surface area contributed by atoms with E-state index < -0.39 is 0 Å². The minimum atomic E-state index is -0.0951. The van der Waals surface area contributed by atoms with Crippen LogP contribution in [0, 0.1) is 5.92 Å². The molecule has 1 saturated heterocycles. The van der Waals surface area contributed by atoms with E-state index in [-0.39, 0.29) is 17.3 Å². The number of benzene rings is 1. The predicted molar refractivity (Wildman–Crippen MR) is 100 cm³/mol. The van der Waals surface area contributed by atoms with Crippen molar-refractivity contribution in [3.63, 3.8) is 0 Å². The summed E-state index contributed by atoms with van der Waals surface area (Å²) in [5.41, 5.74) is 1.54. The average Bonchev–Trinajstić information content (AvgIpc) is 3.43. The van der Waals surface area contributed by atoms with Crippen molar-refractivity contribution in [2.45, 2.75) is 31.1 Å². The second-order valence-electron chi connectivity index (χ2n) is 6.97. The number of rotatable bonds is 4. The number of likely N-dealkylation sites (tertiary alicyclic amines) is 1. The number of carbonyl (C=O) groups excluding carboxylic acids is 1. The number of nitrogens with one attached hydrogen (secondary N) is 1. The summed E-state index contributed by atoms with van der Waals surface area (Å²) in [5, 5.41) is 4.31. The van der Waals surface area contributed by atoms with Gasteiger partial charge in [0.05, 0.1) is 13.0 Å². The molecule has 1 aliphatic heterocycles. The molecular formula is C19H26ClN3O2. The van der Waals surface area contributed by atoms with E-state index in [4.69, 9.17) is 16.3 Å². The van der Waals surface area contributed by atoms with E-state index in [0.717, 1.165) is 43.5 Å². The molecule has 0 bridgehead atoms. The fourth-order valence-electron chi connectivity index (χ4n) is 3.60. The fourth-order valence-corrected chi connectivity index (χ4v) is 3.72. The molecule has 0 spiro atoms. The van der Waals surface area contributed by atoms with Crippen LogP contribution in [0.2, 0.25) is 5.02 Å². The molecule has 0 unspecified atom stereocenters. The molecule has 0 amide bonds. The van der Waals surface area contributed by atoms with Gasteiger partial charge in [0.2, 0.25) is 0 Å². The van der Waals surface area contributed by atoms with Crippen molar-refractivity contribution >= 4 is 23.5 Å². The number of halogens is 1. The third-order valence-electron chi connectivity index (χ3n) is 5.44. The van der Waals surface area contributed by atoms with Gasteiger partial charge in [-0.25, -0.2) is 0 Å². The molecule has 0 atom stereocenters. The van der Waals surface area contributed by atoms with Crippen LogP contribution in [0.4, 0.5) is 0 Å². The number of carbonyl (C=O) groups is 1. The lowest BCUT2D eigenvalue weighted by atomic mass is 9.96. The molecule has 2 aliphatic rings. The number of hydrogen-bond acceptors (Lipinski definition) is 3. The van der Waals surface area contributed by atoms with Gasteiger partial charge in [0.25, 0.3) is 0 Å². The molecule has 136 valence electrons. The Morgan fingerprint density at radius 2 is 1.96 bits per heavy atom. The van der Waals surface area contributed by atoms with Crippen LogP contribution in [-0.2, 0) is 14.9 Å². The van der Waals surface area contributed by atoms with Crippen molar-refractivity contribution < 1.29 is 9.53 Å². The standard InChI is InChI=1S/C19H26ClN3O2/c1-21-18(23-11-7-14(8-12-23)17(24)25-2)22-13-19(9-10-19)15-3-5-16(20)6-4-15/h3-6,14H,7-13H2,1-2H3,(H,21,22). The van der Waals surface area contributed by atoms with E-state index in [0.29, 0.717) is 0 Å². The Kier molecular flexibility index (Phi) is 5.52. The van der Waals surface area contributed by atoms with Crippen molar-refractivity contribution in [1.29, 1.82) is 0 Å². The van der Waals surface area contributed by atoms with Crippen molar-refractivity contribution in [1.82, 2.24) is 10.2 Å². The van der Waals surface area contributed by atoms with Crippen LogP contribution in [0.3, 0.4) is 0 Å². The quantitative estimate of drug-likeness (QED) is 0.507. The molecule has 1 aromatic carbocycles. The van der Waals surface area contributed by atoms with Crippen LogP contribution in [0.15, 0.2) is 29.3 Å². The molecule has 3 rings (SSSR count). The molecule has 5 nitrogen and oxygen atoms in total. The zero-order valence-electron chi connectivity index (χ0n) is 14.9. The molecule has 1 aromatic rings. The Morgan fingerprint density at radius 1 is 1.32 bits per heavy atom. The van der Waals surface area contributed by atoms with Gasteiger partial charge < -0.3 is 15.0 Å². The molecule has 6 heteroatoms. The zero-order valence-corrected chi connectivity index (χ0v) is 15.7. The van der Waals surface area contributed by atoms with Crippen LogP contribution in [-0.4, -0.2) is 50.6 Å². The molecule has 2 fully saturated rings. The first-order valence-electron chi connectivity index (χ1n) is 8.87. The largest absolute Gasteiger partial charge is 0.469 e. The Morgan fingerprint density at radius 3 is 2.48 bits per heavy atom. The lowest BCUT2D eigenvalue weighted by Gasteiger charge is -2.33. The van der Waals surface area contributed by atoms with Crippen molar-refractivity contribution in [2.24, 2.45) is 10.9 Å². The fraction of sp³-hybridized carbons (Fsp3) is 0.579. The summed E-state index contributed by atoms with van der Waals surface area (Å²) in [5.74, 6) is 0.842.